The first kappa shape index (κ1) is 12.9. The number of anilines is 1. The number of nitrogens with two attached hydrogens (primary N) is 1. The van der Waals surface area contributed by atoms with Crippen molar-refractivity contribution < 1.29 is 9.50 Å². The summed E-state index contributed by atoms with van der Waals surface area (Å²) in [4.78, 5) is 2.26. The summed E-state index contributed by atoms with van der Waals surface area (Å²) in [6.45, 7) is 3.69. The van der Waals surface area contributed by atoms with E-state index in [1.54, 1.807) is 0 Å². The molecule has 19 heavy (non-hydrogen) atoms. The largest absolute Gasteiger partial charge is 0.393 e. The van der Waals surface area contributed by atoms with Crippen molar-refractivity contribution in [2.24, 2.45) is 17.6 Å². The van der Waals surface area contributed by atoms with Crippen molar-refractivity contribution in [1.29, 1.82) is 0 Å². The van der Waals surface area contributed by atoms with Gasteiger partial charge in [-0.3, -0.25) is 0 Å². The van der Waals surface area contributed by atoms with Gasteiger partial charge in [0.25, 0.3) is 0 Å². The number of hydrogen-bond acceptors (Lipinski definition) is 3. The maximum atomic E-state index is 13.4. The average Bonchev–Trinajstić information content (AvgIpc) is 2.92. The molecule has 0 aromatic heterocycles. The van der Waals surface area contributed by atoms with Crippen LogP contribution in [0.5, 0.6) is 0 Å². The lowest BCUT2D eigenvalue weighted by Gasteiger charge is -2.25. The van der Waals surface area contributed by atoms with Crippen LogP contribution in [-0.2, 0) is 0 Å². The van der Waals surface area contributed by atoms with Gasteiger partial charge in [-0.2, -0.15) is 0 Å². The molecule has 0 radical (unpaired) electrons. The number of aliphatic hydroxyl groups is 1. The zero-order valence-corrected chi connectivity index (χ0v) is 11.2. The third-order valence-electron chi connectivity index (χ3n) is 4.64. The SMILES string of the molecule is CC(N)c1cc(F)ccc1N1CC2CCC(O)C2C1. The monoisotopic (exact) mass is 264 g/mol. The summed E-state index contributed by atoms with van der Waals surface area (Å²) in [5.41, 5.74) is 7.83. The Morgan fingerprint density at radius 1 is 1.37 bits per heavy atom. The molecule has 2 fully saturated rings. The Labute approximate surface area is 113 Å². The van der Waals surface area contributed by atoms with Crippen LogP contribution in [0, 0.1) is 17.7 Å². The molecule has 0 amide bonds. The van der Waals surface area contributed by atoms with Gasteiger partial charge in [0.15, 0.2) is 0 Å². The van der Waals surface area contributed by atoms with E-state index in [9.17, 15) is 9.50 Å². The van der Waals surface area contributed by atoms with Gasteiger partial charge in [0.05, 0.1) is 6.10 Å². The highest BCUT2D eigenvalue weighted by atomic mass is 19.1. The molecule has 3 nitrogen and oxygen atoms in total. The number of nitrogens with zero attached hydrogens (tertiary/aromatic N) is 1. The second kappa shape index (κ2) is 4.76. The summed E-state index contributed by atoms with van der Waals surface area (Å²) in [6.07, 6.45) is 1.85. The molecule has 3 N–H and O–H groups in total. The zero-order valence-electron chi connectivity index (χ0n) is 11.2. The quantitative estimate of drug-likeness (QED) is 0.859. The normalized spacial score (nSPS) is 31.6. The smallest absolute Gasteiger partial charge is 0.123 e. The van der Waals surface area contributed by atoms with Crippen LogP contribution in [0.2, 0.25) is 0 Å². The van der Waals surface area contributed by atoms with Gasteiger partial charge >= 0.3 is 0 Å². The van der Waals surface area contributed by atoms with Crippen molar-refractivity contribution in [3.8, 4) is 0 Å². The van der Waals surface area contributed by atoms with Gasteiger partial charge in [-0.25, -0.2) is 4.39 Å². The van der Waals surface area contributed by atoms with E-state index in [1.807, 2.05) is 13.0 Å². The summed E-state index contributed by atoms with van der Waals surface area (Å²) >= 11 is 0. The molecule has 1 heterocycles. The average molecular weight is 264 g/mol. The maximum absolute atomic E-state index is 13.4. The molecule has 1 aromatic rings. The Morgan fingerprint density at radius 2 is 2.16 bits per heavy atom. The number of benzene rings is 1. The molecular formula is C15H21FN2O. The van der Waals surface area contributed by atoms with E-state index < -0.39 is 0 Å². The van der Waals surface area contributed by atoms with Crippen molar-refractivity contribution >= 4 is 5.69 Å². The highest BCUT2D eigenvalue weighted by Crippen LogP contribution is 2.41. The number of hydrogen-bond donors (Lipinski definition) is 2. The van der Waals surface area contributed by atoms with E-state index in [-0.39, 0.29) is 18.0 Å². The number of fused-ring (bicyclic) bond motifs is 1. The third kappa shape index (κ3) is 2.23. The maximum Gasteiger partial charge on any atom is 0.123 e. The molecule has 0 bridgehead atoms. The fourth-order valence-corrected chi connectivity index (χ4v) is 3.61. The molecule has 0 spiro atoms. The summed E-state index contributed by atoms with van der Waals surface area (Å²) in [5.74, 6) is 0.697. The number of aliphatic hydroxyl groups excluding tert-OH is 1. The van der Waals surface area contributed by atoms with Gasteiger partial charge in [-0.05, 0) is 49.4 Å². The van der Waals surface area contributed by atoms with Crippen molar-refractivity contribution in [3.05, 3.63) is 29.6 Å². The second-order valence-electron chi connectivity index (χ2n) is 5.97. The predicted molar refractivity (Wildman–Crippen MR) is 73.4 cm³/mol. The van der Waals surface area contributed by atoms with E-state index in [2.05, 4.69) is 4.90 Å². The van der Waals surface area contributed by atoms with Gasteiger partial charge < -0.3 is 15.7 Å². The van der Waals surface area contributed by atoms with Crippen molar-refractivity contribution in [3.63, 3.8) is 0 Å². The summed E-state index contributed by atoms with van der Waals surface area (Å²) in [7, 11) is 0. The van der Waals surface area contributed by atoms with Crippen molar-refractivity contribution in [2.75, 3.05) is 18.0 Å². The second-order valence-corrected chi connectivity index (χ2v) is 5.97. The van der Waals surface area contributed by atoms with Crippen LogP contribution in [-0.4, -0.2) is 24.3 Å². The molecule has 1 saturated carbocycles. The Bertz CT molecular complexity index is 477. The molecule has 4 atom stereocenters. The van der Waals surface area contributed by atoms with E-state index >= 15 is 0 Å². The molecule has 3 rings (SSSR count). The van der Waals surface area contributed by atoms with Crippen molar-refractivity contribution in [1.82, 2.24) is 0 Å². The fourth-order valence-electron chi connectivity index (χ4n) is 3.61. The minimum Gasteiger partial charge on any atom is -0.393 e. The lowest BCUT2D eigenvalue weighted by molar-refractivity contribution is 0.133. The highest BCUT2D eigenvalue weighted by molar-refractivity contribution is 5.56. The van der Waals surface area contributed by atoms with Crippen LogP contribution >= 0.6 is 0 Å². The lowest BCUT2D eigenvalue weighted by atomic mass is 10.00. The molecule has 1 saturated heterocycles. The first-order chi connectivity index (χ1) is 9.06. The Balaban J connectivity index is 1.88. The van der Waals surface area contributed by atoms with E-state index in [1.165, 1.54) is 12.1 Å². The van der Waals surface area contributed by atoms with E-state index in [0.717, 1.165) is 37.2 Å². The van der Waals surface area contributed by atoms with Crippen molar-refractivity contribution in [2.45, 2.75) is 31.9 Å². The van der Waals surface area contributed by atoms with E-state index in [4.69, 9.17) is 5.73 Å². The van der Waals surface area contributed by atoms with Gasteiger partial charge in [0.1, 0.15) is 5.82 Å². The van der Waals surface area contributed by atoms with Crippen LogP contribution in [0.4, 0.5) is 10.1 Å². The fraction of sp³-hybridized carbons (Fsp3) is 0.600. The molecule has 104 valence electrons. The Kier molecular flexibility index (Phi) is 3.23. The molecule has 4 unspecified atom stereocenters. The van der Waals surface area contributed by atoms with Gasteiger partial charge in [-0.1, -0.05) is 0 Å². The van der Waals surface area contributed by atoms with Gasteiger partial charge in [-0.15, -0.1) is 0 Å². The Morgan fingerprint density at radius 3 is 2.84 bits per heavy atom. The topological polar surface area (TPSA) is 49.5 Å². The summed E-state index contributed by atoms with van der Waals surface area (Å²) in [5, 5.41) is 9.98. The first-order valence-corrected chi connectivity index (χ1v) is 7.04. The molecule has 2 aliphatic rings. The minimum absolute atomic E-state index is 0.172. The molecule has 1 aliphatic heterocycles. The van der Waals surface area contributed by atoms with Gasteiger partial charge in [0.2, 0.25) is 0 Å². The lowest BCUT2D eigenvalue weighted by Crippen LogP contribution is -2.26. The standard InChI is InChI=1S/C15H21FN2O/c1-9(17)12-6-11(16)3-4-14(12)18-7-10-2-5-15(19)13(10)8-18/h3-4,6,9-10,13,15,19H,2,5,7-8,17H2,1H3. The Hall–Kier alpha value is -1.13. The zero-order chi connectivity index (χ0) is 13.6. The van der Waals surface area contributed by atoms with Crippen LogP contribution in [0.25, 0.3) is 0 Å². The number of halogens is 1. The van der Waals surface area contributed by atoms with Crippen LogP contribution < -0.4 is 10.6 Å². The third-order valence-corrected chi connectivity index (χ3v) is 4.64. The van der Waals surface area contributed by atoms with Crippen LogP contribution in [0.3, 0.4) is 0 Å². The van der Waals surface area contributed by atoms with Crippen LogP contribution in [0.1, 0.15) is 31.4 Å². The molecule has 4 heteroatoms. The summed E-state index contributed by atoms with van der Waals surface area (Å²) in [6, 6.07) is 4.66. The minimum atomic E-state index is -0.240. The summed E-state index contributed by atoms with van der Waals surface area (Å²) < 4.78 is 13.4. The van der Waals surface area contributed by atoms with E-state index in [0.29, 0.717) is 11.8 Å². The van der Waals surface area contributed by atoms with Gasteiger partial charge in [0, 0.05) is 30.7 Å². The number of rotatable bonds is 2. The molecule has 1 aromatic carbocycles. The molecule has 1 aliphatic carbocycles. The predicted octanol–water partition coefficient (Wildman–Crippen LogP) is 2.05. The highest BCUT2D eigenvalue weighted by Gasteiger charge is 2.42. The first-order valence-electron chi connectivity index (χ1n) is 7.04. The van der Waals surface area contributed by atoms with Crippen LogP contribution in [0.15, 0.2) is 18.2 Å². The molecular weight excluding hydrogens is 243 g/mol.